The molecule has 0 saturated heterocycles. The van der Waals surface area contributed by atoms with E-state index in [4.69, 9.17) is 16.3 Å². The van der Waals surface area contributed by atoms with Crippen LogP contribution < -0.4 is 10.3 Å². The molecule has 2 aromatic carbocycles. The predicted molar refractivity (Wildman–Crippen MR) is 117 cm³/mol. The Balaban J connectivity index is 1.97. The summed E-state index contributed by atoms with van der Waals surface area (Å²) in [5.74, 6) is 0.510. The first kappa shape index (κ1) is 21.2. The fraction of sp³-hybridized carbons (Fsp3) is 0.174. The summed E-state index contributed by atoms with van der Waals surface area (Å²) >= 11 is 5.98. The van der Waals surface area contributed by atoms with Gasteiger partial charge in [0.05, 0.1) is 18.4 Å². The van der Waals surface area contributed by atoms with E-state index in [0.717, 1.165) is 11.3 Å². The van der Waals surface area contributed by atoms with E-state index in [1.54, 1.807) is 38.3 Å². The summed E-state index contributed by atoms with van der Waals surface area (Å²) in [7, 11) is 1.59. The molecule has 0 radical (unpaired) electrons. The van der Waals surface area contributed by atoms with Crippen LogP contribution in [0.4, 0.5) is 5.69 Å². The van der Waals surface area contributed by atoms with Crippen molar-refractivity contribution in [3.05, 3.63) is 86.2 Å². The van der Waals surface area contributed by atoms with Crippen LogP contribution in [-0.2, 0) is 13.0 Å². The molecular formula is C23H20ClN3O3. The van der Waals surface area contributed by atoms with Gasteiger partial charge in [-0.2, -0.15) is 5.26 Å². The number of benzene rings is 2. The van der Waals surface area contributed by atoms with E-state index >= 15 is 0 Å². The number of methoxy groups -OCH3 is 1. The number of hydrogen-bond donors (Lipinski definition) is 1. The first-order valence-electron chi connectivity index (χ1n) is 9.23. The number of nitrogens with zero attached hydrogens (tertiary/aromatic N) is 3. The highest BCUT2D eigenvalue weighted by atomic mass is 35.5. The Hall–Kier alpha value is -3.56. The van der Waals surface area contributed by atoms with Gasteiger partial charge in [-0.05, 0) is 54.8 Å². The zero-order chi connectivity index (χ0) is 21.7. The van der Waals surface area contributed by atoms with Crippen molar-refractivity contribution in [1.82, 2.24) is 4.57 Å². The summed E-state index contributed by atoms with van der Waals surface area (Å²) in [4.78, 5) is 17.1. The highest BCUT2D eigenvalue weighted by molar-refractivity contribution is 6.30. The van der Waals surface area contributed by atoms with Gasteiger partial charge >= 0.3 is 0 Å². The lowest BCUT2D eigenvalue weighted by Gasteiger charge is -2.14. The second-order valence-electron chi connectivity index (χ2n) is 6.64. The van der Waals surface area contributed by atoms with Gasteiger partial charge in [-0.1, -0.05) is 29.8 Å². The number of aryl methyl sites for hydroxylation is 1. The molecule has 30 heavy (non-hydrogen) atoms. The van der Waals surface area contributed by atoms with Gasteiger partial charge in [0.1, 0.15) is 17.4 Å². The van der Waals surface area contributed by atoms with Crippen LogP contribution in [0.3, 0.4) is 0 Å². The van der Waals surface area contributed by atoms with Crippen LogP contribution in [0.25, 0.3) is 0 Å². The van der Waals surface area contributed by atoms with Crippen LogP contribution in [0.15, 0.2) is 58.3 Å². The zero-order valence-electron chi connectivity index (χ0n) is 16.6. The van der Waals surface area contributed by atoms with Crippen LogP contribution in [0.5, 0.6) is 11.6 Å². The summed E-state index contributed by atoms with van der Waals surface area (Å²) in [6, 6.07) is 16.3. The Morgan fingerprint density at radius 1 is 1.27 bits per heavy atom. The number of hydrogen-bond acceptors (Lipinski definition) is 5. The second-order valence-corrected chi connectivity index (χ2v) is 7.08. The van der Waals surface area contributed by atoms with Gasteiger partial charge in [-0.15, -0.1) is 0 Å². The Morgan fingerprint density at radius 3 is 2.63 bits per heavy atom. The average Bonchev–Trinajstić information content (AvgIpc) is 2.74. The van der Waals surface area contributed by atoms with E-state index in [-0.39, 0.29) is 18.0 Å². The van der Waals surface area contributed by atoms with Crippen LogP contribution >= 0.6 is 11.6 Å². The molecule has 1 aromatic heterocycles. The van der Waals surface area contributed by atoms with E-state index in [1.807, 2.05) is 30.3 Å². The molecule has 0 atom stereocenters. The lowest BCUT2D eigenvalue weighted by atomic mass is 10.1. The fourth-order valence-corrected chi connectivity index (χ4v) is 3.25. The maximum atomic E-state index is 12.7. The number of rotatable bonds is 6. The highest BCUT2D eigenvalue weighted by Gasteiger charge is 2.18. The van der Waals surface area contributed by atoms with Crippen molar-refractivity contribution < 1.29 is 9.84 Å². The standard InChI is InChI=1S/C23H20ClN3O3/c1-15-20(13-25)22(28)27(11-10-16-6-8-19(30-2)9-7-16)23(29)21(15)14-26-18-5-3-4-17(24)12-18/h3-9,12,14,29H,10-11H2,1-2H3. The first-order valence-corrected chi connectivity index (χ1v) is 9.61. The van der Waals surface area contributed by atoms with Gasteiger partial charge in [-0.3, -0.25) is 14.4 Å². The number of pyridine rings is 1. The molecule has 0 amide bonds. The first-order chi connectivity index (χ1) is 14.4. The minimum atomic E-state index is -0.527. The summed E-state index contributed by atoms with van der Waals surface area (Å²) < 4.78 is 6.35. The molecule has 7 heteroatoms. The van der Waals surface area contributed by atoms with Gasteiger partial charge < -0.3 is 9.84 Å². The molecule has 3 rings (SSSR count). The number of aromatic hydroxyl groups is 1. The average molecular weight is 422 g/mol. The van der Waals surface area contributed by atoms with Gasteiger partial charge in [-0.25, -0.2) is 0 Å². The number of ether oxygens (including phenoxy) is 1. The molecule has 0 spiro atoms. The molecule has 0 saturated carbocycles. The van der Waals surface area contributed by atoms with Crippen molar-refractivity contribution in [3.8, 4) is 17.7 Å². The molecule has 0 aliphatic carbocycles. The van der Waals surface area contributed by atoms with Crippen LogP contribution in [0, 0.1) is 18.3 Å². The minimum Gasteiger partial charge on any atom is -0.497 e. The lowest BCUT2D eigenvalue weighted by molar-refractivity contribution is 0.404. The molecule has 1 N–H and O–H groups in total. The molecule has 0 aliphatic heterocycles. The molecule has 1 heterocycles. The Kier molecular flexibility index (Phi) is 6.55. The van der Waals surface area contributed by atoms with E-state index < -0.39 is 5.56 Å². The number of aromatic nitrogens is 1. The monoisotopic (exact) mass is 421 g/mol. The van der Waals surface area contributed by atoms with Gasteiger partial charge in [0.25, 0.3) is 5.56 Å². The zero-order valence-corrected chi connectivity index (χ0v) is 17.3. The third-order valence-electron chi connectivity index (χ3n) is 4.78. The Bertz CT molecular complexity index is 1190. The number of aliphatic imine (C=N–C) groups is 1. The summed E-state index contributed by atoms with van der Waals surface area (Å²) in [5, 5.41) is 20.8. The third-order valence-corrected chi connectivity index (χ3v) is 5.02. The SMILES string of the molecule is COc1ccc(CCn2c(O)c(C=Nc3cccc(Cl)c3)c(C)c(C#N)c2=O)cc1. The Labute approximate surface area is 179 Å². The number of halogens is 1. The van der Waals surface area contributed by atoms with Gasteiger partial charge in [0.2, 0.25) is 5.88 Å². The lowest BCUT2D eigenvalue weighted by Crippen LogP contribution is -2.26. The summed E-state index contributed by atoms with van der Waals surface area (Å²) in [5.41, 5.74) is 1.72. The van der Waals surface area contributed by atoms with Crippen molar-refractivity contribution in [2.24, 2.45) is 4.99 Å². The Morgan fingerprint density at radius 2 is 2.00 bits per heavy atom. The fourth-order valence-electron chi connectivity index (χ4n) is 3.06. The quantitative estimate of drug-likeness (QED) is 0.598. The molecule has 152 valence electrons. The molecule has 0 bridgehead atoms. The second kappa shape index (κ2) is 9.29. The third kappa shape index (κ3) is 4.53. The van der Waals surface area contributed by atoms with Crippen molar-refractivity contribution in [2.75, 3.05) is 7.11 Å². The van der Waals surface area contributed by atoms with E-state index in [2.05, 4.69) is 4.99 Å². The largest absolute Gasteiger partial charge is 0.497 e. The predicted octanol–water partition coefficient (Wildman–Crippen LogP) is 4.39. The topological polar surface area (TPSA) is 87.6 Å². The molecule has 0 aliphatic rings. The molecule has 0 fully saturated rings. The smallest absolute Gasteiger partial charge is 0.271 e. The molecule has 6 nitrogen and oxygen atoms in total. The van der Waals surface area contributed by atoms with E-state index in [1.165, 1.54) is 10.8 Å². The van der Waals surface area contributed by atoms with Gasteiger partial charge in [0, 0.05) is 17.8 Å². The van der Waals surface area contributed by atoms with Crippen LogP contribution in [0.1, 0.15) is 22.3 Å². The van der Waals surface area contributed by atoms with Crippen LogP contribution in [-0.4, -0.2) is 23.0 Å². The van der Waals surface area contributed by atoms with Crippen molar-refractivity contribution >= 4 is 23.5 Å². The highest BCUT2D eigenvalue weighted by Crippen LogP contribution is 2.23. The van der Waals surface area contributed by atoms with Crippen molar-refractivity contribution in [1.29, 1.82) is 5.26 Å². The van der Waals surface area contributed by atoms with E-state index in [0.29, 0.717) is 28.3 Å². The molecule has 3 aromatic rings. The van der Waals surface area contributed by atoms with Crippen LogP contribution in [0.2, 0.25) is 5.02 Å². The van der Waals surface area contributed by atoms with Crippen molar-refractivity contribution in [3.63, 3.8) is 0 Å². The van der Waals surface area contributed by atoms with E-state index in [9.17, 15) is 15.2 Å². The molecular weight excluding hydrogens is 402 g/mol. The molecule has 0 unspecified atom stereocenters. The summed E-state index contributed by atoms with van der Waals surface area (Å²) in [6.07, 6.45) is 1.94. The maximum absolute atomic E-state index is 12.7. The van der Waals surface area contributed by atoms with Gasteiger partial charge in [0.15, 0.2) is 0 Å². The normalized spacial score (nSPS) is 10.9. The summed E-state index contributed by atoms with van der Waals surface area (Å²) in [6.45, 7) is 1.83. The minimum absolute atomic E-state index is 0.0184. The van der Waals surface area contributed by atoms with Crippen molar-refractivity contribution in [2.45, 2.75) is 19.9 Å². The number of nitriles is 1. The maximum Gasteiger partial charge on any atom is 0.271 e.